The van der Waals surface area contributed by atoms with Crippen molar-refractivity contribution < 1.29 is 9.59 Å². The van der Waals surface area contributed by atoms with Crippen LogP contribution >= 0.6 is 0 Å². The Kier molecular flexibility index (Phi) is 6.31. The molecule has 2 N–H and O–H groups in total. The van der Waals surface area contributed by atoms with Crippen LogP contribution < -0.4 is 10.6 Å². The highest BCUT2D eigenvalue weighted by Crippen LogP contribution is 2.25. The number of carbonyl (C=O) groups excluding carboxylic acids is 2. The molecular formula is C22H28N4O2. The van der Waals surface area contributed by atoms with E-state index in [0.717, 1.165) is 25.1 Å². The average Bonchev–Trinajstić information content (AvgIpc) is 2.73. The van der Waals surface area contributed by atoms with Gasteiger partial charge in [-0.25, -0.2) is 4.79 Å². The Labute approximate surface area is 166 Å². The van der Waals surface area contributed by atoms with Crippen LogP contribution in [0.25, 0.3) is 0 Å². The van der Waals surface area contributed by atoms with Crippen molar-refractivity contribution in [2.24, 2.45) is 0 Å². The second kappa shape index (κ2) is 8.89. The number of nitrogens with one attached hydrogen (secondary N) is 2. The second-order valence-electron chi connectivity index (χ2n) is 7.22. The molecule has 6 nitrogen and oxygen atoms in total. The first-order chi connectivity index (χ1) is 13.5. The van der Waals surface area contributed by atoms with Gasteiger partial charge >= 0.3 is 6.03 Å². The van der Waals surface area contributed by atoms with Gasteiger partial charge in [-0.05, 0) is 35.7 Å². The Morgan fingerprint density at radius 1 is 1.18 bits per heavy atom. The number of amides is 3. The van der Waals surface area contributed by atoms with Gasteiger partial charge in [-0.1, -0.05) is 37.3 Å². The molecule has 0 saturated carbocycles. The predicted molar refractivity (Wildman–Crippen MR) is 112 cm³/mol. The lowest BCUT2D eigenvalue weighted by Gasteiger charge is -2.36. The van der Waals surface area contributed by atoms with Crippen molar-refractivity contribution in [1.82, 2.24) is 15.1 Å². The Morgan fingerprint density at radius 2 is 1.93 bits per heavy atom. The number of carbonyl (C=O) groups is 2. The lowest BCUT2D eigenvalue weighted by Crippen LogP contribution is -2.48. The number of hydrogen-bond donors (Lipinski definition) is 2. The molecule has 1 fully saturated rings. The summed E-state index contributed by atoms with van der Waals surface area (Å²) in [5, 5.41) is 6.19. The van der Waals surface area contributed by atoms with Gasteiger partial charge in [-0.2, -0.15) is 0 Å². The third-order valence-corrected chi connectivity index (χ3v) is 5.04. The molecule has 1 unspecified atom stereocenters. The molecule has 1 saturated heterocycles. The van der Waals surface area contributed by atoms with Crippen molar-refractivity contribution in [3.05, 3.63) is 65.2 Å². The zero-order valence-corrected chi connectivity index (χ0v) is 16.7. The smallest absolute Gasteiger partial charge is 0.321 e. The molecule has 6 heteroatoms. The van der Waals surface area contributed by atoms with Crippen LogP contribution in [0.5, 0.6) is 0 Å². The third kappa shape index (κ3) is 4.51. The number of hydrogen-bond acceptors (Lipinski definition) is 3. The van der Waals surface area contributed by atoms with Crippen LogP contribution in [0.1, 0.15) is 34.5 Å². The second-order valence-corrected chi connectivity index (χ2v) is 7.22. The fraction of sp³-hybridized carbons (Fsp3) is 0.364. The van der Waals surface area contributed by atoms with Gasteiger partial charge < -0.3 is 20.4 Å². The van der Waals surface area contributed by atoms with Crippen LogP contribution in [0.4, 0.5) is 10.5 Å². The molecule has 0 aromatic heterocycles. The molecule has 1 aliphatic heterocycles. The van der Waals surface area contributed by atoms with E-state index in [1.54, 1.807) is 38.4 Å². The predicted octanol–water partition coefficient (Wildman–Crippen LogP) is 3.13. The van der Waals surface area contributed by atoms with E-state index >= 15 is 0 Å². The van der Waals surface area contributed by atoms with E-state index in [2.05, 4.69) is 41.8 Å². The highest BCUT2D eigenvalue weighted by atomic mass is 16.2. The van der Waals surface area contributed by atoms with E-state index < -0.39 is 0 Å². The maximum atomic E-state index is 13.3. The summed E-state index contributed by atoms with van der Waals surface area (Å²) >= 11 is 0. The SMILES string of the molecule is CCc1ccc(C2CNCCN2C(=O)c2cccc(NC(=O)N(C)C)c2)cc1. The van der Waals surface area contributed by atoms with Gasteiger partial charge in [0.15, 0.2) is 0 Å². The van der Waals surface area contributed by atoms with E-state index in [1.165, 1.54) is 10.5 Å². The first kappa shape index (κ1) is 19.9. The summed E-state index contributed by atoms with van der Waals surface area (Å²) in [6.07, 6.45) is 0.997. The van der Waals surface area contributed by atoms with E-state index in [9.17, 15) is 9.59 Å². The summed E-state index contributed by atoms with van der Waals surface area (Å²) in [4.78, 5) is 28.5. The van der Waals surface area contributed by atoms with Crippen LogP contribution in [0.2, 0.25) is 0 Å². The van der Waals surface area contributed by atoms with Gasteiger partial charge in [0.1, 0.15) is 0 Å². The van der Waals surface area contributed by atoms with Gasteiger partial charge in [0.25, 0.3) is 5.91 Å². The molecule has 0 spiro atoms. The quantitative estimate of drug-likeness (QED) is 0.857. The summed E-state index contributed by atoms with van der Waals surface area (Å²) in [6, 6.07) is 15.4. The minimum Gasteiger partial charge on any atom is -0.331 e. The maximum Gasteiger partial charge on any atom is 0.321 e. The Bertz CT molecular complexity index is 833. The molecule has 0 radical (unpaired) electrons. The standard InChI is InChI=1S/C22H28N4O2/c1-4-16-8-10-17(11-9-16)20-15-23-12-13-26(20)21(27)18-6-5-7-19(14-18)24-22(28)25(2)3/h5-11,14,20,23H,4,12-13,15H2,1-3H3,(H,24,28). The van der Waals surface area contributed by atoms with Crippen LogP contribution in [0.15, 0.2) is 48.5 Å². The number of benzene rings is 2. The maximum absolute atomic E-state index is 13.3. The Hall–Kier alpha value is -2.86. The zero-order chi connectivity index (χ0) is 20.1. The molecule has 148 valence electrons. The van der Waals surface area contributed by atoms with Gasteiger partial charge in [-0.15, -0.1) is 0 Å². The number of piperazine rings is 1. The molecule has 0 aliphatic carbocycles. The molecule has 3 amide bonds. The van der Waals surface area contributed by atoms with Crippen molar-refractivity contribution in [3.63, 3.8) is 0 Å². The summed E-state index contributed by atoms with van der Waals surface area (Å²) in [5.41, 5.74) is 3.61. The Balaban J connectivity index is 1.81. The molecule has 1 heterocycles. The van der Waals surface area contributed by atoms with Crippen molar-refractivity contribution in [3.8, 4) is 0 Å². The number of rotatable bonds is 4. The fourth-order valence-electron chi connectivity index (χ4n) is 3.35. The number of anilines is 1. The largest absolute Gasteiger partial charge is 0.331 e. The highest BCUT2D eigenvalue weighted by Gasteiger charge is 2.28. The van der Waals surface area contributed by atoms with Crippen LogP contribution in [0.3, 0.4) is 0 Å². The number of aryl methyl sites for hydroxylation is 1. The molecule has 28 heavy (non-hydrogen) atoms. The van der Waals surface area contributed by atoms with E-state index in [1.807, 2.05) is 4.90 Å². The molecule has 3 rings (SSSR count). The first-order valence-electron chi connectivity index (χ1n) is 9.68. The molecule has 2 aromatic carbocycles. The molecular weight excluding hydrogens is 352 g/mol. The fourth-order valence-corrected chi connectivity index (χ4v) is 3.35. The van der Waals surface area contributed by atoms with Gasteiger partial charge in [0, 0.05) is 45.0 Å². The third-order valence-electron chi connectivity index (χ3n) is 5.04. The van der Waals surface area contributed by atoms with E-state index in [4.69, 9.17) is 0 Å². The molecule has 0 bridgehead atoms. The average molecular weight is 380 g/mol. The normalized spacial score (nSPS) is 16.5. The van der Waals surface area contributed by atoms with Crippen molar-refractivity contribution in [1.29, 1.82) is 0 Å². The van der Waals surface area contributed by atoms with Crippen LogP contribution in [-0.2, 0) is 6.42 Å². The van der Waals surface area contributed by atoms with Gasteiger partial charge in [0.2, 0.25) is 0 Å². The lowest BCUT2D eigenvalue weighted by molar-refractivity contribution is 0.0634. The minimum absolute atomic E-state index is 0.00724. The highest BCUT2D eigenvalue weighted by molar-refractivity contribution is 5.97. The van der Waals surface area contributed by atoms with Crippen LogP contribution in [0, 0.1) is 0 Å². The lowest BCUT2D eigenvalue weighted by atomic mass is 10.00. The van der Waals surface area contributed by atoms with E-state index in [0.29, 0.717) is 17.8 Å². The summed E-state index contributed by atoms with van der Waals surface area (Å²) in [6.45, 7) is 4.28. The van der Waals surface area contributed by atoms with Crippen LogP contribution in [-0.4, -0.2) is 55.5 Å². The summed E-state index contributed by atoms with van der Waals surface area (Å²) < 4.78 is 0. The first-order valence-corrected chi connectivity index (χ1v) is 9.68. The monoisotopic (exact) mass is 380 g/mol. The van der Waals surface area contributed by atoms with Crippen molar-refractivity contribution >= 4 is 17.6 Å². The van der Waals surface area contributed by atoms with Crippen molar-refractivity contribution in [2.75, 3.05) is 39.0 Å². The zero-order valence-electron chi connectivity index (χ0n) is 16.7. The minimum atomic E-state index is -0.222. The number of nitrogens with zero attached hydrogens (tertiary/aromatic N) is 2. The molecule has 1 aliphatic rings. The molecule has 2 aromatic rings. The van der Waals surface area contributed by atoms with E-state index in [-0.39, 0.29) is 18.0 Å². The molecule has 1 atom stereocenters. The van der Waals surface area contributed by atoms with Gasteiger partial charge in [0.05, 0.1) is 6.04 Å². The Morgan fingerprint density at radius 3 is 2.61 bits per heavy atom. The number of urea groups is 1. The van der Waals surface area contributed by atoms with Crippen molar-refractivity contribution in [2.45, 2.75) is 19.4 Å². The summed E-state index contributed by atoms with van der Waals surface area (Å²) in [5.74, 6) is -0.0213. The topological polar surface area (TPSA) is 64.7 Å². The summed E-state index contributed by atoms with van der Waals surface area (Å²) in [7, 11) is 3.36. The van der Waals surface area contributed by atoms with Gasteiger partial charge in [-0.3, -0.25) is 4.79 Å².